The van der Waals surface area contributed by atoms with Crippen LogP contribution < -0.4 is 0 Å². The van der Waals surface area contributed by atoms with Crippen LogP contribution in [0.1, 0.15) is 26.2 Å². The fraction of sp³-hybridized carbons (Fsp3) is 0.750. The molecule has 1 fully saturated rings. The number of aliphatic carboxylic acids is 1. The van der Waals surface area contributed by atoms with Crippen LogP contribution >= 0.6 is 0 Å². The van der Waals surface area contributed by atoms with Crippen molar-refractivity contribution in [2.24, 2.45) is 11.8 Å². The molecule has 0 radical (unpaired) electrons. The van der Waals surface area contributed by atoms with Gasteiger partial charge in [0.1, 0.15) is 0 Å². The van der Waals surface area contributed by atoms with Crippen LogP contribution in [0.3, 0.4) is 0 Å². The number of hydrogen-bond donors (Lipinski definition) is 1. The van der Waals surface area contributed by atoms with Crippen LogP contribution in [0.15, 0.2) is 12.2 Å². The first kappa shape index (κ1) is 10.7. The van der Waals surface area contributed by atoms with Gasteiger partial charge in [0.2, 0.25) is 0 Å². The molecule has 0 amide bonds. The summed E-state index contributed by atoms with van der Waals surface area (Å²) in [7, 11) is 0. The SMILES string of the molecule is CC(C(=O)O)C1CN(C2C=CCCC2)C1. The van der Waals surface area contributed by atoms with Gasteiger partial charge in [-0.3, -0.25) is 9.69 Å². The average molecular weight is 209 g/mol. The molecule has 1 heterocycles. The van der Waals surface area contributed by atoms with Gasteiger partial charge in [0.25, 0.3) is 0 Å². The quantitative estimate of drug-likeness (QED) is 0.720. The Hall–Kier alpha value is -0.830. The largest absolute Gasteiger partial charge is 0.481 e. The Morgan fingerprint density at radius 2 is 2.27 bits per heavy atom. The lowest BCUT2D eigenvalue weighted by atomic mass is 9.84. The zero-order valence-corrected chi connectivity index (χ0v) is 9.22. The summed E-state index contributed by atoms with van der Waals surface area (Å²) >= 11 is 0. The summed E-state index contributed by atoms with van der Waals surface area (Å²) in [5.74, 6) is -0.481. The fourth-order valence-corrected chi connectivity index (χ4v) is 2.44. The zero-order valence-electron chi connectivity index (χ0n) is 9.22. The molecule has 0 aromatic heterocycles. The molecule has 2 atom stereocenters. The Labute approximate surface area is 90.8 Å². The van der Waals surface area contributed by atoms with E-state index in [1.54, 1.807) is 0 Å². The first-order valence-corrected chi connectivity index (χ1v) is 5.82. The van der Waals surface area contributed by atoms with E-state index in [0.29, 0.717) is 12.0 Å². The number of hydrogen-bond acceptors (Lipinski definition) is 2. The summed E-state index contributed by atoms with van der Waals surface area (Å²) in [5, 5.41) is 8.88. The Balaban J connectivity index is 1.80. The average Bonchev–Trinajstić information content (AvgIpc) is 2.17. The maximum atomic E-state index is 10.8. The van der Waals surface area contributed by atoms with E-state index in [1.165, 1.54) is 19.3 Å². The van der Waals surface area contributed by atoms with E-state index in [9.17, 15) is 4.79 Å². The highest BCUT2D eigenvalue weighted by molar-refractivity contribution is 5.70. The summed E-state index contributed by atoms with van der Waals surface area (Å²) in [5.41, 5.74) is 0. The molecule has 2 unspecified atom stereocenters. The second-order valence-corrected chi connectivity index (χ2v) is 4.77. The molecule has 15 heavy (non-hydrogen) atoms. The van der Waals surface area contributed by atoms with Crippen LogP contribution in [0.25, 0.3) is 0 Å². The third-order valence-corrected chi connectivity index (χ3v) is 3.73. The van der Waals surface area contributed by atoms with Crippen molar-refractivity contribution in [3.8, 4) is 0 Å². The lowest BCUT2D eigenvalue weighted by Crippen LogP contribution is -2.54. The van der Waals surface area contributed by atoms with Gasteiger partial charge in [-0.05, 0) is 25.2 Å². The molecule has 0 spiro atoms. The molecule has 0 aromatic carbocycles. The molecule has 1 N–H and O–H groups in total. The lowest BCUT2D eigenvalue weighted by Gasteiger charge is -2.45. The third kappa shape index (κ3) is 2.23. The maximum absolute atomic E-state index is 10.8. The van der Waals surface area contributed by atoms with Crippen LogP contribution in [0, 0.1) is 11.8 Å². The minimum absolute atomic E-state index is 0.186. The minimum atomic E-state index is -0.654. The molecule has 84 valence electrons. The Morgan fingerprint density at radius 3 is 2.80 bits per heavy atom. The van der Waals surface area contributed by atoms with Gasteiger partial charge in [-0.15, -0.1) is 0 Å². The molecule has 0 saturated carbocycles. The van der Waals surface area contributed by atoms with Crippen LogP contribution in [0.4, 0.5) is 0 Å². The summed E-state index contributed by atoms with van der Waals surface area (Å²) in [6, 6.07) is 0.580. The Morgan fingerprint density at radius 1 is 1.53 bits per heavy atom. The number of allylic oxidation sites excluding steroid dienone is 1. The monoisotopic (exact) mass is 209 g/mol. The molecule has 0 aromatic rings. The zero-order chi connectivity index (χ0) is 10.8. The van der Waals surface area contributed by atoms with E-state index < -0.39 is 5.97 Å². The van der Waals surface area contributed by atoms with Crippen molar-refractivity contribution in [1.82, 2.24) is 4.90 Å². The first-order chi connectivity index (χ1) is 7.18. The summed E-state index contributed by atoms with van der Waals surface area (Å²) in [4.78, 5) is 13.2. The minimum Gasteiger partial charge on any atom is -0.481 e. The van der Waals surface area contributed by atoms with Crippen LogP contribution in [-0.2, 0) is 4.79 Å². The van der Waals surface area contributed by atoms with E-state index in [1.807, 2.05) is 6.92 Å². The number of carbonyl (C=O) groups is 1. The first-order valence-electron chi connectivity index (χ1n) is 5.82. The second kappa shape index (κ2) is 4.35. The van der Waals surface area contributed by atoms with E-state index in [4.69, 9.17) is 5.11 Å². The van der Waals surface area contributed by atoms with Crippen molar-refractivity contribution < 1.29 is 9.90 Å². The number of rotatable bonds is 3. The number of carboxylic acid groups (broad SMARTS) is 1. The fourth-order valence-electron chi connectivity index (χ4n) is 2.44. The highest BCUT2D eigenvalue weighted by atomic mass is 16.4. The molecule has 1 saturated heterocycles. The molecule has 1 aliphatic carbocycles. The van der Waals surface area contributed by atoms with Crippen molar-refractivity contribution in [2.45, 2.75) is 32.2 Å². The molecule has 0 bridgehead atoms. The predicted octanol–water partition coefficient (Wildman–Crippen LogP) is 1.75. The van der Waals surface area contributed by atoms with Gasteiger partial charge >= 0.3 is 5.97 Å². The number of carboxylic acids is 1. The number of nitrogens with zero attached hydrogens (tertiary/aromatic N) is 1. The predicted molar refractivity (Wildman–Crippen MR) is 58.6 cm³/mol. The third-order valence-electron chi connectivity index (χ3n) is 3.73. The van der Waals surface area contributed by atoms with Gasteiger partial charge in [-0.1, -0.05) is 19.1 Å². The van der Waals surface area contributed by atoms with Gasteiger partial charge < -0.3 is 5.11 Å². The van der Waals surface area contributed by atoms with E-state index in [2.05, 4.69) is 17.1 Å². The Bertz CT molecular complexity index is 269. The molecule has 1 aliphatic heterocycles. The highest BCUT2D eigenvalue weighted by Gasteiger charge is 2.37. The van der Waals surface area contributed by atoms with Gasteiger partial charge in [-0.2, -0.15) is 0 Å². The molecule has 2 aliphatic rings. The van der Waals surface area contributed by atoms with Crippen LogP contribution in [-0.4, -0.2) is 35.1 Å². The summed E-state index contributed by atoms with van der Waals surface area (Å²) in [6.07, 6.45) is 8.26. The van der Waals surface area contributed by atoms with Crippen LogP contribution in [0.2, 0.25) is 0 Å². The van der Waals surface area contributed by atoms with Crippen molar-refractivity contribution in [2.75, 3.05) is 13.1 Å². The summed E-state index contributed by atoms with van der Waals surface area (Å²) < 4.78 is 0. The van der Waals surface area contributed by atoms with Crippen molar-refractivity contribution >= 4 is 5.97 Å². The topological polar surface area (TPSA) is 40.5 Å². The Kier molecular flexibility index (Phi) is 3.10. The highest BCUT2D eigenvalue weighted by Crippen LogP contribution is 2.29. The van der Waals surface area contributed by atoms with Crippen molar-refractivity contribution in [3.63, 3.8) is 0 Å². The number of likely N-dealkylation sites (tertiary alicyclic amines) is 1. The maximum Gasteiger partial charge on any atom is 0.306 e. The molecule has 3 heteroatoms. The van der Waals surface area contributed by atoms with E-state index in [-0.39, 0.29) is 5.92 Å². The van der Waals surface area contributed by atoms with E-state index >= 15 is 0 Å². The van der Waals surface area contributed by atoms with Crippen LogP contribution in [0.5, 0.6) is 0 Å². The van der Waals surface area contributed by atoms with Crippen molar-refractivity contribution in [1.29, 1.82) is 0 Å². The molecule has 2 rings (SSSR count). The standard InChI is InChI=1S/C12H19NO2/c1-9(12(14)15)10-7-13(8-10)11-5-3-2-4-6-11/h3,5,9-11H,2,4,6-8H2,1H3,(H,14,15). The van der Waals surface area contributed by atoms with Gasteiger partial charge in [0.05, 0.1) is 5.92 Å². The van der Waals surface area contributed by atoms with E-state index in [0.717, 1.165) is 13.1 Å². The summed E-state index contributed by atoms with van der Waals surface area (Å²) in [6.45, 7) is 3.74. The second-order valence-electron chi connectivity index (χ2n) is 4.77. The lowest BCUT2D eigenvalue weighted by molar-refractivity contribution is -0.145. The molecule has 3 nitrogen and oxygen atoms in total. The van der Waals surface area contributed by atoms with Crippen molar-refractivity contribution in [3.05, 3.63) is 12.2 Å². The normalized spacial score (nSPS) is 29.8. The van der Waals surface area contributed by atoms with Gasteiger partial charge in [-0.25, -0.2) is 0 Å². The smallest absolute Gasteiger partial charge is 0.306 e. The van der Waals surface area contributed by atoms with Gasteiger partial charge in [0.15, 0.2) is 0 Å². The van der Waals surface area contributed by atoms with Gasteiger partial charge in [0, 0.05) is 19.1 Å². The molecular weight excluding hydrogens is 190 g/mol. The molecular formula is C12H19NO2.